The third-order valence-electron chi connectivity index (χ3n) is 1.75. The molecule has 17 heavy (non-hydrogen) atoms. The molecule has 0 amide bonds. The summed E-state index contributed by atoms with van der Waals surface area (Å²) in [6, 6.07) is 4.46. The predicted molar refractivity (Wildman–Crippen MR) is 64.3 cm³/mol. The molecule has 0 spiro atoms. The van der Waals surface area contributed by atoms with Crippen molar-refractivity contribution >= 4 is 27.6 Å². The van der Waals surface area contributed by atoms with E-state index in [9.17, 15) is 14.9 Å². The number of rotatable bonds is 2. The fraction of sp³-hybridized carbons (Fsp3) is 0.182. The summed E-state index contributed by atoms with van der Waals surface area (Å²) in [6.07, 6.45) is 0. The van der Waals surface area contributed by atoms with Gasteiger partial charge in [0.2, 0.25) is 0 Å². The van der Waals surface area contributed by atoms with Crippen LogP contribution in [0.25, 0.3) is 0 Å². The van der Waals surface area contributed by atoms with E-state index >= 15 is 0 Å². The third kappa shape index (κ3) is 3.57. The lowest BCUT2D eigenvalue weighted by molar-refractivity contribution is -0.385. The first kappa shape index (κ1) is 13.2. The molecule has 5 nitrogen and oxygen atoms in total. The second-order valence-electron chi connectivity index (χ2n) is 2.86. The van der Waals surface area contributed by atoms with Gasteiger partial charge in [-0.2, -0.15) is 0 Å². The van der Waals surface area contributed by atoms with E-state index in [1.165, 1.54) is 12.1 Å². The van der Waals surface area contributed by atoms with Gasteiger partial charge in [0.15, 0.2) is 0 Å². The molecule has 0 saturated carbocycles. The molecule has 0 fully saturated rings. The largest absolute Gasteiger partial charge is 0.456 e. The Morgan fingerprint density at radius 3 is 2.88 bits per heavy atom. The average Bonchev–Trinajstić information content (AvgIpc) is 2.27. The van der Waals surface area contributed by atoms with E-state index in [2.05, 4.69) is 32.5 Å². The van der Waals surface area contributed by atoms with Gasteiger partial charge >= 0.3 is 5.97 Å². The van der Waals surface area contributed by atoms with Crippen molar-refractivity contribution in [1.29, 1.82) is 0 Å². The molecule has 1 aromatic carbocycles. The number of carbonyl (C=O) groups is 1. The molecule has 0 aliphatic rings. The maximum atomic E-state index is 11.0. The van der Waals surface area contributed by atoms with Crippen LogP contribution < -0.4 is 0 Å². The molecule has 0 unspecified atom stereocenters. The highest BCUT2D eigenvalue weighted by Gasteiger charge is 2.14. The molecule has 88 valence electrons. The molecule has 6 heteroatoms. The highest BCUT2D eigenvalue weighted by molar-refractivity contribution is 9.10. The van der Waals surface area contributed by atoms with Crippen LogP contribution in [-0.4, -0.2) is 17.5 Å². The number of hydrogen-bond acceptors (Lipinski definition) is 4. The van der Waals surface area contributed by atoms with Gasteiger partial charge in [-0.1, -0.05) is 6.07 Å². The van der Waals surface area contributed by atoms with Crippen molar-refractivity contribution in [3.8, 4) is 11.8 Å². The van der Waals surface area contributed by atoms with Crippen LogP contribution >= 0.6 is 15.9 Å². The molecule has 0 atom stereocenters. The summed E-state index contributed by atoms with van der Waals surface area (Å²) >= 11 is 3.15. The van der Waals surface area contributed by atoms with Crippen molar-refractivity contribution in [2.45, 2.75) is 6.92 Å². The second kappa shape index (κ2) is 6.01. The summed E-state index contributed by atoms with van der Waals surface area (Å²) < 4.78 is 5.07. The van der Waals surface area contributed by atoms with Crippen LogP contribution in [0.4, 0.5) is 5.69 Å². The first-order valence-electron chi connectivity index (χ1n) is 4.68. The zero-order valence-electron chi connectivity index (χ0n) is 8.90. The fourth-order valence-electron chi connectivity index (χ4n) is 1.07. The highest BCUT2D eigenvalue weighted by atomic mass is 79.9. The molecule has 0 saturated heterocycles. The lowest BCUT2D eigenvalue weighted by Gasteiger charge is -1.97. The Hall–Kier alpha value is -1.87. The minimum absolute atomic E-state index is 0.156. The van der Waals surface area contributed by atoms with Crippen molar-refractivity contribution in [2.24, 2.45) is 0 Å². The number of nitro benzene ring substituents is 1. The van der Waals surface area contributed by atoms with Crippen LogP contribution in [0, 0.1) is 22.0 Å². The first-order valence-corrected chi connectivity index (χ1v) is 5.47. The van der Waals surface area contributed by atoms with E-state index in [-0.39, 0.29) is 17.9 Å². The number of nitro groups is 1. The lowest BCUT2D eigenvalue weighted by Crippen LogP contribution is -2.00. The summed E-state index contributed by atoms with van der Waals surface area (Å²) in [5, 5.41) is 10.7. The lowest BCUT2D eigenvalue weighted by atomic mass is 10.2. The van der Waals surface area contributed by atoms with Crippen LogP contribution in [0.1, 0.15) is 12.5 Å². The standard InChI is InChI=1S/C11H8BrNO4/c1-2-17-11(14)7-6-8-9(12)4-3-5-10(8)13(15)16/h3-5H,2H2,1H3. The Balaban J connectivity index is 3.13. The maximum Gasteiger partial charge on any atom is 0.384 e. The Morgan fingerprint density at radius 2 is 2.29 bits per heavy atom. The molecule has 0 aromatic heterocycles. The number of nitrogens with zero attached hydrogens (tertiary/aromatic N) is 1. The molecule has 0 N–H and O–H groups in total. The number of benzene rings is 1. The van der Waals surface area contributed by atoms with Gasteiger partial charge in [-0.05, 0) is 34.8 Å². The predicted octanol–water partition coefficient (Wildman–Crippen LogP) is 2.27. The minimum Gasteiger partial charge on any atom is -0.456 e. The van der Waals surface area contributed by atoms with Crippen LogP contribution in [0.2, 0.25) is 0 Å². The Labute approximate surface area is 106 Å². The van der Waals surface area contributed by atoms with E-state index in [1.54, 1.807) is 13.0 Å². The SMILES string of the molecule is CCOC(=O)C#Cc1c(Br)cccc1[N+](=O)[O-]. The number of ether oxygens (including phenoxy) is 1. The van der Waals surface area contributed by atoms with E-state index in [0.29, 0.717) is 4.47 Å². The smallest absolute Gasteiger partial charge is 0.384 e. The number of carbonyl (C=O) groups excluding carboxylic acids is 1. The molecule has 0 radical (unpaired) electrons. The normalized spacial score (nSPS) is 9.06. The van der Waals surface area contributed by atoms with Gasteiger partial charge in [-0.25, -0.2) is 4.79 Å². The zero-order valence-corrected chi connectivity index (χ0v) is 10.5. The van der Waals surface area contributed by atoms with Gasteiger partial charge in [0.1, 0.15) is 5.56 Å². The van der Waals surface area contributed by atoms with Gasteiger partial charge in [0.05, 0.1) is 11.5 Å². The van der Waals surface area contributed by atoms with E-state index in [1.807, 2.05) is 0 Å². The molecular formula is C11H8BrNO4. The minimum atomic E-state index is -0.711. The van der Waals surface area contributed by atoms with E-state index < -0.39 is 10.9 Å². The van der Waals surface area contributed by atoms with Crippen LogP contribution in [0.5, 0.6) is 0 Å². The molecule has 0 aliphatic heterocycles. The second-order valence-corrected chi connectivity index (χ2v) is 3.72. The summed E-state index contributed by atoms with van der Waals surface area (Å²) in [5.74, 6) is 3.91. The summed E-state index contributed by atoms with van der Waals surface area (Å²) in [4.78, 5) is 21.2. The van der Waals surface area contributed by atoms with Crippen LogP contribution in [0.3, 0.4) is 0 Å². The zero-order chi connectivity index (χ0) is 12.8. The van der Waals surface area contributed by atoms with E-state index in [4.69, 9.17) is 0 Å². The Bertz CT molecular complexity index is 516. The average molecular weight is 298 g/mol. The monoisotopic (exact) mass is 297 g/mol. The van der Waals surface area contributed by atoms with Crippen molar-refractivity contribution < 1.29 is 14.5 Å². The number of hydrogen-bond donors (Lipinski definition) is 0. The Morgan fingerprint density at radius 1 is 1.59 bits per heavy atom. The van der Waals surface area contributed by atoms with E-state index in [0.717, 1.165) is 0 Å². The molecule has 0 bridgehead atoms. The summed E-state index contributed by atoms with van der Waals surface area (Å²) in [5.41, 5.74) is 0.00160. The van der Waals surface area contributed by atoms with Gasteiger partial charge in [-0.3, -0.25) is 10.1 Å². The van der Waals surface area contributed by atoms with Crippen molar-refractivity contribution in [3.63, 3.8) is 0 Å². The van der Waals surface area contributed by atoms with Gasteiger partial charge in [-0.15, -0.1) is 0 Å². The third-order valence-corrected chi connectivity index (χ3v) is 2.41. The van der Waals surface area contributed by atoms with Crippen LogP contribution in [0.15, 0.2) is 22.7 Å². The van der Waals surface area contributed by atoms with Crippen molar-refractivity contribution in [1.82, 2.24) is 0 Å². The van der Waals surface area contributed by atoms with Gasteiger partial charge in [0, 0.05) is 16.5 Å². The quantitative estimate of drug-likeness (QED) is 0.363. The van der Waals surface area contributed by atoms with Crippen molar-refractivity contribution in [3.05, 3.63) is 38.3 Å². The highest BCUT2D eigenvalue weighted by Crippen LogP contribution is 2.25. The fourth-order valence-corrected chi connectivity index (χ4v) is 1.52. The molecular weight excluding hydrogens is 290 g/mol. The summed E-state index contributed by atoms with van der Waals surface area (Å²) in [7, 11) is 0. The first-order chi connectivity index (χ1) is 8.06. The van der Waals surface area contributed by atoms with Crippen LogP contribution in [-0.2, 0) is 9.53 Å². The summed E-state index contributed by atoms with van der Waals surface area (Å²) in [6.45, 7) is 1.87. The van der Waals surface area contributed by atoms with Gasteiger partial charge in [0.25, 0.3) is 5.69 Å². The number of halogens is 1. The molecule has 1 rings (SSSR count). The molecule has 0 heterocycles. The molecule has 0 aliphatic carbocycles. The van der Waals surface area contributed by atoms with Crippen molar-refractivity contribution in [2.75, 3.05) is 6.61 Å². The maximum absolute atomic E-state index is 11.0. The van der Waals surface area contributed by atoms with Gasteiger partial charge < -0.3 is 4.74 Å². The number of esters is 1. The Kier molecular flexibility index (Phi) is 4.67. The topological polar surface area (TPSA) is 69.4 Å². The molecule has 1 aromatic rings.